The van der Waals surface area contributed by atoms with Crippen LogP contribution in [0.3, 0.4) is 0 Å². The third kappa shape index (κ3) is 4.27. The predicted molar refractivity (Wildman–Crippen MR) is 83.1 cm³/mol. The summed E-state index contributed by atoms with van der Waals surface area (Å²) in [7, 11) is 1.78. The second-order valence-electron chi connectivity index (χ2n) is 4.88. The van der Waals surface area contributed by atoms with Crippen molar-refractivity contribution in [3.05, 3.63) is 54.0 Å². The summed E-state index contributed by atoms with van der Waals surface area (Å²) in [4.78, 5) is 22.2. The van der Waals surface area contributed by atoms with E-state index in [2.05, 4.69) is 22.2 Å². The number of nitrogens with one attached hydrogen (secondary N) is 1. The van der Waals surface area contributed by atoms with Crippen molar-refractivity contribution < 1.29 is 4.79 Å². The number of nitrogens with zero attached hydrogens (tertiary/aromatic N) is 3. The molecule has 0 fully saturated rings. The van der Waals surface area contributed by atoms with Crippen LogP contribution < -0.4 is 5.32 Å². The lowest BCUT2D eigenvalue weighted by Gasteiger charge is -2.17. The third-order valence-electron chi connectivity index (χ3n) is 3.08. The van der Waals surface area contributed by atoms with E-state index in [-0.39, 0.29) is 5.91 Å². The van der Waals surface area contributed by atoms with Gasteiger partial charge in [-0.2, -0.15) is 0 Å². The van der Waals surface area contributed by atoms with Gasteiger partial charge in [0.05, 0.1) is 5.56 Å². The quantitative estimate of drug-likeness (QED) is 0.885. The summed E-state index contributed by atoms with van der Waals surface area (Å²) >= 11 is 0. The Morgan fingerprint density at radius 2 is 2.00 bits per heavy atom. The molecule has 2 aromatic heterocycles. The van der Waals surface area contributed by atoms with E-state index >= 15 is 0 Å². The first-order valence-electron chi connectivity index (χ1n) is 7.05. The molecule has 5 heteroatoms. The summed E-state index contributed by atoms with van der Waals surface area (Å²) in [5.41, 5.74) is 1.64. The van der Waals surface area contributed by atoms with Gasteiger partial charge in [-0.25, -0.2) is 4.98 Å². The number of carbonyl (C=O) groups excluding carboxylic acids is 1. The van der Waals surface area contributed by atoms with E-state index in [1.165, 1.54) is 0 Å². The molecular formula is C16H20N4O. The largest absolute Gasteiger partial charge is 0.370 e. The Kier molecular flexibility index (Phi) is 5.26. The first kappa shape index (κ1) is 15.0. The van der Waals surface area contributed by atoms with Crippen LogP contribution in [-0.2, 0) is 6.54 Å². The van der Waals surface area contributed by atoms with Crippen LogP contribution in [0.25, 0.3) is 0 Å². The zero-order valence-electron chi connectivity index (χ0n) is 12.4. The van der Waals surface area contributed by atoms with Crippen molar-refractivity contribution in [2.45, 2.75) is 19.9 Å². The van der Waals surface area contributed by atoms with Gasteiger partial charge in [0.2, 0.25) is 0 Å². The smallest absolute Gasteiger partial charge is 0.255 e. The molecule has 0 aliphatic heterocycles. The summed E-state index contributed by atoms with van der Waals surface area (Å²) in [6.45, 7) is 3.53. The molecule has 5 nitrogen and oxygen atoms in total. The summed E-state index contributed by atoms with van der Waals surface area (Å²) < 4.78 is 0. The molecule has 2 rings (SSSR count). The van der Waals surface area contributed by atoms with Crippen LogP contribution in [0.4, 0.5) is 5.82 Å². The van der Waals surface area contributed by atoms with E-state index in [4.69, 9.17) is 0 Å². The van der Waals surface area contributed by atoms with Gasteiger partial charge in [-0.05, 0) is 36.2 Å². The van der Waals surface area contributed by atoms with Gasteiger partial charge < -0.3 is 10.2 Å². The van der Waals surface area contributed by atoms with Crippen LogP contribution in [0.15, 0.2) is 42.9 Å². The molecule has 0 saturated carbocycles. The van der Waals surface area contributed by atoms with Gasteiger partial charge in [0, 0.05) is 38.7 Å². The number of anilines is 1. The molecule has 0 aliphatic carbocycles. The van der Waals surface area contributed by atoms with E-state index in [1.54, 1.807) is 36.6 Å². The molecule has 2 aromatic rings. The van der Waals surface area contributed by atoms with Crippen molar-refractivity contribution in [3.63, 3.8) is 0 Å². The van der Waals surface area contributed by atoms with E-state index in [1.807, 2.05) is 18.2 Å². The second kappa shape index (κ2) is 7.38. The molecule has 110 valence electrons. The Hall–Kier alpha value is -2.43. The highest BCUT2D eigenvalue weighted by Crippen LogP contribution is 2.09. The Morgan fingerprint density at radius 3 is 2.62 bits per heavy atom. The first-order valence-corrected chi connectivity index (χ1v) is 7.05. The molecular weight excluding hydrogens is 264 g/mol. The molecule has 21 heavy (non-hydrogen) atoms. The van der Waals surface area contributed by atoms with Crippen LogP contribution in [0.2, 0.25) is 0 Å². The van der Waals surface area contributed by atoms with Crippen LogP contribution in [0, 0.1) is 0 Å². The minimum Gasteiger partial charge on any atom is -0.370 e. The van der Waals surface area contributed by atoms with E-state index in [0.29, 0.717) is 12.1 Å². The lowest BCUT2D eigenvalue weighted by Crippen LogP contribution is -2.26. The molecule has 0 aliphatic rings. The SMILES string of the molecule is CCCNc1ccc(C(=O)N(C)Cc2ccncc2)cn1. The van der Waals surface area contributed by atoms with Crippen molar-refractivity contribution in [1.29, 1.82) is 0 Å². The molecule has 0 atom stereocenters. The average Bonchev–Trinajstić information content (AvgIpc) is 2.53. The third-order valence-corrected chi connectivity index (χ3v) is 3.08. The highest BCUT2D eigenvalue weighted by molar-refractivity contribution is 5.93. The number of hydrogen-bond donors (Lipinski definition) is 1. The fourth-order valence-corrected chi connectivity index (χ4v) is 1.93. The number of amides is 1. The molecule has 0 spiro atoms. The van der Waals surface area contributed by atoms with Gasteiger partial charge in [0.15, 0.2) is 0 Å². The number of pyridine rings is 2. The van der Waals surface area contributed by atoms with Gasteiger partial charge in [0.1, 0.15) is 5.82 Å². The van der Waals surface area contributed by atoms with E-state index in [0.717, 1.165) is 24.3 Å². The monoisotopic (exact) mass is 284 g/mol. The topological polar surface area (TPSA) is 58.1 Å². The maximum atomic E-state index is 12.3. The Bertz CT molecular complexity index is 569. The maximum absolute atomic E-state index is 12.3. The normalized spacial score (nSPS) is 10.2. The highest BCUT2D eigenvalue weighted by Gasteiger charge is 2.12. The van der Waals surface area contributed by atoms with Gasteiger partial charge >= 0.3 is 0 Å². The fraction of sp³-hybridized carbons (Fsp3) is 0.312. The number of rotatable bonds is 6. The number of carbonyl (C=O) groups is 1. The van der Waals surface area contributed by atoms with Crippen LogP contribution in [0.1, 0.15) is 29.3 Å². The van der Waals surface area contributed by atoms with Crippen molar-refractivity contribution in [3.8, 4) is 0 Å². The summed E-state index contributed by atoms with van der Waals surface area (Å²) in [6, 6.07) is 7.44. The average molecular weight is 284 g/mol. The Balaban J connectivity index is 1.98. The standard InChI is InChI=1S/C16H20N4O/c1-3-8-18-15-5-4-14(11-19-15)16(21)20(2)12-13-6-9-17-10-7-13/h4-7,9-11H,3,8,12H2,1-2H3,(H,18,19). The maximum Gasteiger partial charge on any atom is 0.255 e. The molecule has 0 aromatic carbocycles. The van der Waals surface area contributed by atoms with Crippen LogP contribution in [0.5, 0.6) is 0 Å². The Labute approximate surface area is 125 Å². The molecule has 0 radical (unpaired) electrons. The summed E-state index contributed by atoms with van der Waals surface area (Å²) in [5.74, 6) is 0.756. The molecule has 1 N–H and O–H groups in total. The first-order chi connectivity index (χ1) is 10.2. The number of hydrogen-bond acceptors (Lipinski definition) is 4. The van der Waals surface area contributed by atoms with Gasteiger partial charge in [-0.15, -0.1) is 0 Å². The zero-order chi connectivity index (χ0) is 15.1. The van der Waals surface area contributed by atoms with Gasteiger partial charge in [0.25, 0.3) is 5.91 Å². The Morgan fingerprint density at radius 1 is 1.24 bits per heavy atom. The molecule has 0 bridgehead atoms. The lowest BCUT2D eigenvalue weighted by atomic mass is 10.2. The van der Waals surface area contributed by atoms with Crippen LogP contribution in [-0.4, -0.2) is 34.4 Å². The minimum absolute atomic E-state index is 0.0404. The highest BCUT2D eigenvalue weighted by atomic mass is 16.2. The summed E-state index contributed by atoms with van der Waals surface area (Å²) in [6.07, 6.45) is 6.10. The second-order valence-corrected chi connectivity index (χ2v) is 4.88. The predicted octanol–water partition coefficient (Wildman–Crippen LogP) is 2.57. The molecule has 2 heterocycles. The number of aromatic nitrogens is 2. The zero-order valence-corrected chi connectivity index (χ0v) is 12.4. The fourth-order valence-electron chi connectivity index (χ4n) is 1.93. The van der Waals surface area contributed by atoms with E-state index < -0.39 is 0 Å². The molecule has 0 unspecified atom stereocenters. The molecule has 0 saturated heterocycles. The van der Waals surface area contributed by atoms with Crippen molar-refractivity contribution in [2.24, 2.45) is 0 Å². The van der Waals surface area contributed by atoms with Crippen molar-refractivity contribution >= 4 is 11.7 Å². The van der Waals surface area contributed by atoms with E-state index in [9.17, 15) is 4.79 Å². The molecule has 1 amide bonds. The van der Waals surface area contributed by atoms with Crippen molar-refractivity contribution in [2.75, 3.05) is 18.9 Å². The van der Waals surface area contributed by atoms with Crippen molar-refractivity contribution in [1.82, 2.24) is 14.9 Å². The van der Waals surface area contributed by atoms with Crippen LogP contribution >= 0.6 is 0 Å². The summed E-state index contributed by atoms with van der Waals surface area (Å²) in [5, 5.41) is 3.19. The van der Waals surface area contributed by atoms with Gasteiger partial charge in [-0.3, -0.25) is 9.78 Å². The lowest BCUT2D eigenvalue weighted by molar-refractivity contribution is 0.0784. The minimum atomic E-state index is -0.0404. The van der Waals surface area contributed by atoms with Gasteiger partial charge in [-0.1, -0.05) is 6.92 Å².